The number of anilines is 1. The number of hydrogen-bond donors (Lipinski definition) is 1. The number of amides is 3. The number of nitrogens with one attached hydrogen (secondary N) is 1. The van der Waals surface area contributed by atoms with Crippen molar-refractivity contribution < 1.29 is 23.9 Å². The molecule has 2 aromatic carbocycles. The first-order chi connectivity index (χ1) is 15.8. The highest BCUT2D eigenvalue weighted by atomic mass is 35.5. The SMILES string of the molecule is O=C(NC[C@@]12C=C[C@@H](O1)[C@@H]1C(=O)N(c3ccc(Cl)cc3)C(=O)[C@H]12)OCc1ccc(Cl)cc1Cl. The van der Waals surface area contributed by atoms with Crippen LogP contribution in [0.2, 0.25) is 15.1 Å². The first kappa shape index (κ1) is 22.2. The molecule has 3 heterocycles. The second-order valence-corrected chi connectivity index (χ2v) is 9.33. The Balaban J connectivity index is 1.27. The quantitative estimate of drug-likeness (QED) is 0.479. The van der Waals surface area contributed by atoms with E-state index in [1.54, 1.807) is 54.6 Å². The lowest BCUT2D eigenvalue weighted by molar-refractivity contribution is -0.126. The largest absolute Gasteiger partial charge is 0.445 e. The number of alkyl carbamates (subject to hydrolysis) is 1. The van der Waals surface area contributed by atoms with Gasteiger partial charge in [0.05, 0.1) is 30.2 Å². The predicted molar refractivity (Wildman–Crippen MR) is 122 cm³/mol. The Morgan fingerprint density at radius 1 is 1.06 bits per heavy atom. The van der Waals surface area contributed by atoms with Crippen molar-refractivity contribution in [3.63, 3.8) is 0 Å². The lowest BCUT2D eigenvalue weighted by Crippen LogP contribution is -2.49. The normalized spacial score (nSPS) is 27.2. The van der Waals surface area contributed by atoms with Gasteiger partial charge in [-0.05, 0) is 36.4 Å². The Kier molecular flexibility index (Phi) is 5.61. The number of nitrogens with zero attached hydrogens (tertiary/aromatic N) is 1. The zero-order valence-electron chi connectivity index (χ0n) is 17.0. The van der Waals surface area contributed by atoms with Gasteiger partial charge < -0.3 is 14.8 Å². The average molecular weight is 508 g/mol. The summed E-state index contributed by atoms with van der Waals surface area (Å²) in [4.78, 5) is 39.9. The molecule has 2 fully saturated rings. The van der Waals surface area contributed by atoms with E-state index >= 15 is 0 Å². The third-order valence-corrected chi connectivity index (χ3v) is 6.96. The second-order valence-electron chi connectivity index (χ2n) is 8.05. The molecule has 33 heavy (non-hydrogen) atoms. The summed E-state index contributed by atoms with van der Waals surface area (Å²) >= 11 is 17.9. The lowest BCUT2D eigenvalue weighted by atomic mass is 9.77. The summed E-state index contributed by atoms with van der Waals surface area (Å²) in [5.41, 5.74) is -0.0756. The van der Waals surface area contributed by atoms with Crippen molar-refractivity contribution in [3.8, 4) is 0 Å². The van der Waals surface area contributed by atoms with E-state index in [4.69, 9.17) is 44.3 Å². The molecule has 10 heteroatoms. The van der Waals surface area contributed by atoms with Crippen molar-refractivity contribution >= 4 is 58.4 Å². The van der Waals surface area contributed by atoms with Gasteiger partial charge in [-0.25, -0.2) is 9.69 Å². The van der Waals surface area contributed by atoms with Crippen molar-refractivity contribution in [1.29, 1.82) is 0 Å². The highest BCUT2D eigenvalue weighted by Gasteiger charge is 2.67. The van der Waals surface area contributed by atoms with Crippen LogP contribution < -0.4 is 10.2 Å². The number of imide groups is 1. The van der Waals surface area contributed by atoms with Crippen LogP contribution in [0.15, 0.2) is 54.6 Å². The van der Waals surface area contributed by atoms with Crippen LogP contribution in [-0.4, -0.2) is 36.2 Å². The summed E-state index contributed by atoms with van der Waals surface area (Å²) in [6, 6.07) is 11.4. The van der Waals surface area contributed by atoms with Crippen molar-refractivity contribution in [2.45, 2.75) is 18.3 Å². The van der Waals surface area contributed by atoms with Gasteiger partial charge in [-0.1, -0.05) is 53.0 Å². The average Bonchev–Trinajstić information content (AvgIpc) is 3.43. The Morgan fingerprint density at radius 3 is 2.52 bits per heavy atom. The molecule has 3 aliphatic heterocycles. The maximum Gasteiger partial charge on any atom is 0.407 e. The van der Waals surface area contributed by atoms with E-state index in [2.05, 4.69) is 5.32 Å². The molecule has 3 aliphatic rings. The zero-order chi connectivity index (χ0) is 23.3. The molecular formula is C23H17Cl3N2O5. The van der Waals surface area contributed by atoms with Crippen LogP contribution >= 0.6 is 34.8 Å². The van der Waals surface area contributed by atoms with Gasteiger partial charge in [-0.15, -0.1) is 0 Å². The van der Waals surface area contributed by atoms with E-state index in [1.165, 1.54) is 4.90 Å². The van der Waals surface area contributed by atoms with Crippen LogP contribution in [-0.2, 0) is 25.7 Å². The van der Waals surface area contributed by atoms with Gasteiger partial charge in [0.2, 0.25) is 11.8 Å². The molecule has 5 rings (SSSR count). The molecule has 7 nitrogen and oxygen atoms in total. The second kappa shape index (κ2) is 8.33. The monoisotopic (exact) mass is 506 g/mol. The number of carbonyl (C=O) groups excluding carboxylic acids is 3. The van der Waals surface area contributed by atoms with E-state index in [0.717, 1.165) is 0 Å². The molecule has 0 saturated carbocycles. The molecule has 0 unspecified atom stereocenters. The van der Waals surface area contributed by atoms with Gasteiger partial charge in [0.15, 0.2) is 0 Å². The van der Waals surface area contributed by atoms with Gasteiger partial charge in [-0.2, -0.15) is 0 Å². The molecule has 0 spiro atoms. The van der Waals surface area contributed by atoms with Gasteiger partial charge >= 0.3 is 6.09 Å². The van der Waals surface area contributed by atoms with Crippen molar-refractivity contribution in [1.82, 2.24) is 5.32 Å². The van der Waals surface area contributed by atoms with Crippen LogP contribution in [0.5, 0.6) is 0 Å². The molecule has 2 aromatic rings. The minimum atomic E-state index is -1.12. The number of hydrogen-bond acceptors (Lipinski definition) is 5. The van der Waals surface area contributed by atoms with E-state index in [0.29, 0.717) is 26.3 Å². The van der Waals surface area contributed by atoms with Crippen molar-refractivity contribution in [3.05, 3.63) is 75.2 Å². The maximum absolute atomic E-state index is 13.3. The first-order valence-corrected chi connectivity index (χ1v) is 11.3. The fourth-order valence-electron chi connectivity index (χ4n) is 4.59. The Morgan fingerprint density at radius 2 is 1.79 bits per heavy atom. The molecular weight excluding hydrogens is 491 g/mol. The summed E-state index contributed by atoms with van der Waals surface area (Å²) in [6.07, 6.45) is 2.27. The molecule has 3 amide bonds. The minimum Gasteiger partial charge on any atom is -0.445 e. The molecule has 1 N–H and O–H groups in total. The molecule has 0 radical (unpaired) electrons. The van der Waals surface area contributed by atoms with Crippen molar-refractivity contribution in [2.24, 2.45) is 11.8 Å². The maximum atomic E-state index is 13.3. The van der Waals surface area contributed by atoms with Gasteiger partial charge in [0.25, 0.3) is 0 Å². The number of ether oxygens (including phenoxy) is 2. The predicted octanol–water partition coefficient (Wildman–Crippen LogP) is 4.39. The summed E-state index contributed by atoms with van der Waals surface area (Å²) in [7, 11) is 0. The van der Waals surface area contributed by atoms with E-state index in [1.807, 2.05) is 0 Å². The third-order valence-electron chi connectivity index (χ3n) is 6.12. The number of halogens is 3. The minimum absolute atomic E-state index is 0.0260. The molecule has 4 atom stereocenters. The highest BCUT2D eigenvalue weighted by Crippen LogP contribution is 2.52. The van der Waals surface area contributed by atoms with E-state index < -0.39 is 29.6 Å². The molecule has 2 bridgehead atoms. The van der Waals surface area contributed by atoms with Crippen molar-refractivity contribution in [2.75, 3.05) is 11.4 Å². The summed E-state index contributed by atoms with van der Waals surface area (Å²) in [6.45, 7) is -0.0796. The number of fused-ring (bicyclic) bond motifs is 5. The standard InChI is InChI=1S/C23H17Cl3N2O5/c24-13-3-5-15(6-4-13)28-20(29)18-17-7-8-23(33-17,19(18)21(28)30)11-27-22(31)32-10-12-1-2-14(25)9-16(12)26/h1-9,17-19H,10-11H2,(H,27,31)/t17-,18+,19+,23-/m1/s1. The lowest BCUT2D eigenvalue weighted by Gasteiger charge is -2.28. The summed E-state index contributed by atoms with van der Waals surface area (Å²) in [5, 5.41) is 4.01. The zero-order valence-corrected chi connectivity index (χ0v) is 19.2. The molecule has 0 aliphatic carbocycles. The van der Waals surface area contributed by atoms with Crippen LogP contribution in [0.25, 0.3) is 0 Å². The topological polar surface area (TPSA) is 84.9 Å². The van der Waals surface area contributed by atoms with Gasteiger partial charge in [0.1, 0.15) is 12.2 Å². The van der Waals surface area contributed by atoms with E-state index in [-0.39, 0.29) is 25.0 Å². The van der Waals surface area contributed by atoms with Gasteiger partial charge in [0, 0.05) is 20.6 Å². The summed E-state index contributed by atoms with van der Waals surface area (Å²) in [5.74, 6) is -2.10. The fraction of sp³-hybridized carbons (Fsp3) is 0.261. The smallest absolute Gasteiger partial charge is 0.407 e. The Bertz CT molecular complexity index is 1190. The first-order valence-electron chi connectivity index (χ1n) is 10.1. The van der Waals surface area contributed by atoms with E-state index in [9.17, 15) is 14.4 Å². The van der Waals surface area contributed by atoms with Crippen LogP contribution in [0.1, 0.15) is 5.56 Å². The number of benzene rings is 2. The number of carbonyl (C=O) groups is 3. The van der Waals surface area contributed by atoms with Crippen LogP contribution in [0, 0.1) is 11.8 Å². The Hall–Kier alpha value is -2.58. The number of rotatable bonds is 5. The fourth-order valence-corrected chi connectivity index (χ4v) is 5.18. The Labute approximate surface area is 204 Å². The van der Waals surface area contributed by atoms with Gasteiger partial charge in [-0.3, -0.25) is 9.59 Å². The highest BCUT2D eigenvalue weighted by molar-refractivity contribution is 6.35. The van der Waals surface area contributed by atoms with Crippen LogP contribution in [0.4, 0.5) is 10.5 Å². The molecule has 170 valence electrons. The van der Waals surface area contributed by atoms with Crippen LogP contribution in [0.3, 0.4) is 0 Å². The summed E-state index contributed by atoms with van der Waals surface area (Å²) < 4.78 is 11.3. The third kappa shape index (κ3) is 3.79. The molecule has 2 saturated heterocycles. The molecule has 0 aromatic heterocycles.